The maximum absolute atomic E-state index is 10.5. The summed E-state index contributed by atoms with van der Waals surface area (Å²) >= 11 is 0. The molecule has 1 heterocycles. The summed E-state index contributed by atoms with van der Waals surface area (Å²) in [5.74, 6) is 5.73. The van der Waals surface area contributed by atoms with Crippen LogP contribution in [0.4, 0.5) is 0 Å². The summed E-state index contributed by atoms with van der Waals surface area (Å²) in [4.78, 5) is 4.25. The summed E-state index contributed by atoms with van der Waals surface area (Å²) in [6.07, 6.45) is 11.2. The van der Waals surface area contributed by atoms with E-state index in [0.29, 0.717) is 11.1 Å². The molecule has 0 bridgehead atoms. The normalized spacial score (nSPS) is 12.0. The summed E-state index contributed by atoms with van der Waals surface area (Å²) < 4.78 is 0. The first-order valence-corrected chi connectivity index (χ1v) is 8.61. The second-order valence-corrected chi connectivity index (χ2v) is 5.98. The minimum Gasteiger partial charge on any atom is -0.505 e. The lowest BCUT2D eigenvalue weighted by Crippen LogP contribution is -2.05. The summed E-state index contributed by atoms with van der Waals surface area (Å²) in [7, 11) is 0. The number of rotatable bonds is 9. The lowest BCUT2D eigenvalue weighted by molar-refractivity contribution is 0.479. The molecule has 23 heavy (non-hydrogen) atoms. The van der Waals surface area contributed by atoms with Crippen LogP contribution in [0, 0.1) is 0 Å². The van der Waals surface area contributed by atoms with E-state index in [-0.39, 0.29) is 5.75 Å². The van der Waals surface area contributed by atoms with Crippen LogP contribution < -0.4 is 5.84 Å². The second kappa shape index (κ2) is 9.13. The Hall–Kier alpha value is -2.10. The Morgan fingerprint density at radius 2 is 1.83 bits per heavy atom. The smallest absolute Gasteiger partial charge is 0.150 e. The minimum absolute atomic E-state index is 0.176. The van der Waals surface area contributed by atoms with Crippen molar-refractivity contribution < 1.29 is 5.11 Å². The first-order valence-electron chi connectivity index (χ1n) is 8.61. The van der Waals surface area contributed by atoms with E-state index in [2.05, 4.69) is 17.0 Å². The van der Waals surface area contributed by atoms with Crippen molar-refractivity contribution >= 4 is 16.6 Å². The number of aromatic nitrogens is 1. The number of benzene rings is 1. The van der Waals surface area contributed by atoms with Crippen molar-refractivity contribution in [2.75, 3.05) is 0 Å². The van der Waals surface area contributed by atoms with Crippen LogP contribution in [0.5, 0.6) is 5.75 Å². The van der Waals surface area contributed by atoms with Gasteiger partial charge in [0.2, 0.25) is 0 Å². The number of phenolic OH excluding ortho intramolecular Hbond substituents is 1. The van der Waals surface area contributed by atoms with Crippen LogP contribution in [0.15, 0.2) is 35.6 Å². The van der Waals surface area contributed by atoms with Gasteiger partial charge in [0.15, 0.2) is 5.75 Å². The Balaban J connectivity index is 1.95. The Morgan fingerprint density at radius 3 is 2.57 bits per heavy atom. The van der Waals surface area contributed by atoms with Gasteiger partial charge in [0.25, 0.3) is 0 Å². The van der Waals surface area contributed by atoms with Crippen molar-refractivity contribution in [3.8, 4) is 5.75 Å². The fraction of sp³-hybridized carbons (Fsp3) is 0.474. The molecule has 0 aliphatic rings. The third kappa shape index (κ3) is 4.68. The average molecular weight is 313 g/mol. The number of hydrogen-bond donors (Lipinski definition) is 2. The molecular weight excluding hydrogens is 286 g/mol. The quantitative estimate of drug-likeness (QED) is 0.304. The van der Waals surface area contributed by atoms with Crippen molar-refractivity contribution in [3.05, 3.63) is 36.0 Å². The van der Waals surface area contributed by atoms with Gasteiger partial charge in [-0.3, -0.25) is 4.98 Å². The fourth-order valence-electron chi connectivity index (χ4n) is 2.88. The molecule has 0 radical (unpaired) electrons. The average Bonchev–Trinajstić information content (AvgIpc) is 2.59. The van der Waals surface area contributed by atoms with Crippen LogP contribution in [-0.4, -0.2) is 15.8 Å². The van der Waals surface area contributed by atoms with Crippen LogP contribution in [0.1, 0.15) is 63.9 Å². The summed E-state index contributed by atoms with van der Waals surface area (Å²) in [5.41, 5.74) is 2.05. The Kier molecular flexibility index (Phi) is 6.85. The third-order valence-corrected chi connectivity index (χ3v) is 4.23. The highest BCUT2D eigenvalue weighted by Crippen LogP contribution is 2.28. The summed E-state index contributed by atoms with van der Waals surface area (Å²) in [6.45, 7) is 2.23. The molecule has 1 aromatic heterocycles. The third-order valence-electron chi connectivity index (χ3n) is 4.23. The number of fused-ring (bicyclic) bond motifs is 1. The van der Waals surface area contributed by atoms with Crippen molar-refractivity contribution in [1.29, 1.82) is 0 Å². The highest BCUT2D eigenvalue weighted by molar-refractivity contribution is 6.06. The Labute approximate surface area is 138 Å². The van der Waals surface area contributed by atoms with E-state index in [1.165, 1.54) is 38.5 Å². The van der Waals surface area contributed by atoms with E-state index in [1.807, 2.05) is 24.3 Å². The number of hydrogen-bond acceptors (Lipinski definition) is 4. The lowest BCUT2D eigenvalue weighted by atomic mass is 10.00. The molecule has 0 saturated carbocycles. The molecule has 2 aromatic rings. The predicted octanol–water partition coefficient (Wildman–Crippen LogP) is 4.74. The molecule has 0 aliphatic heterocycles. The van der Waals surface area contributed by atoms with E-state index in [9.17, 15) is 5.11 Å². The van der Waals surface area contributed by atoms with Crippen LogP contribution in [0.3, 0.4) is 0 Å². The van der Waals surface area contributed by atoms with Crippen LogP contribution in [0.25, 0.3) is 10.9 Å². The molecule has 124 valence electrons. The molecule has 0 atom stereocenters. The maximum Gasteiger partial charge on any atom is 0.150 e. The van der Waals surface area contributed by atoms with Crippen LogP contribution in [-0.2, 0) is 0 Å². The fourth-order valence-corrected chi connectivity index (χ4v) is 2.88. The van der Waals surface area contributed by atoms with Crippen molar-refractivity contribution in [2.45, 2.75) is 58.3 Å². The highest BCUT2D eigenvalue weighted by atomic mass is 16.3. The van der Waals surface area contributed by atoms with Crippen molar-refractivity contribution in [3.63, 3.8) is 0 Å². The zero-order valence-corrected chi connectivity index (χ0v) is 14.0. The summed E-state index contributed by atoms with van der Waals surface area (Å²) in [6, 6.07) is 7.62. The van der Waals surface area contributed by atoms with Gasteiger partial charge in [-0.25, -0.2) is 0 Å². The molecule has 0 unspecified atom stereocenters. The zero-order valence-electron chi connectivity index (χ0n) is 14.0. The number of pyridine rings is 1. The van der Waals surface area contributed by atoms with E-state index in [0.717, 1.165) is 23.9 Å². The predicted molar refractivity (Wildman–Crippen MR) is 96.7 cm³/mol. The van der Waals surface area contributed by atoms with Gasteiger partial charge in [-0.1, -0.05) is 57.6 Å². The van der Waals surface area contributed by atoms with Gasteiger partial charge in [0.1, 0.15) is 5.52 Å². The zero-order chi connectivity index (χ0) is 16.5. The van der Waals surface area contributed by atoms with E-state index in [1.54, 1.807) is 6.20 Å². The largest absolute Gasteiger partial charge is 0.505 e. The Bertz CT molecular complexity index is 652. The van der Waals surface area contributed by atoms with Gasteiger partial charge in [0.05, 0.1) is 5.71 Å². The molecule has 0 fully saturated rings. The molecule has 0 aliphatic carbocycles. The topological polar surface area (TPSA) is 71.5 Å². The molecule has 3 N–H and O–H groups in total. The van der Waals surface area contributed by atoms with Crippen LogP contribution in [0.2, 0.25) is 0 Å². The molecule has 2 rings (SSSR count). The van der Waals surface area contributed by atoms with Gasteiger partial charge in [-0.15, -0.1) is 0 Å². The van der Waals surface area contributed by atoms with Crippen molar-refractivity contribution in [2.24, 2.45) is 10.9 Å². The SMILES string of the molecule is CCCCCCCCC/C(=N\N)c1ccc2cccnc2c1O. The highest BCUT2D eigenvalue weighted by Gasteiger charge is 2.12. The second-order valence-electron chi connectivity index (χ2n) is 5.98. The molecule has 4 nitrogen and oxygen atoms in total. The molecule has 0 amide bonds. The minimum atomic E-state index is 0.176. The standard InChI is InChI=1S/C19H27N3O/c1-2-3-4-5-6-7-8-11-17(22-20)16-13-12-15-10-9-14-21-18(15)19(16)23/h9-10,12-14,23H,2-8,11,20H2,1H3/b22-17+. The van der Waals surface area contributed by atoms with Gasteiger partial charge in [-0.2, -0.15) is 5.10 Å². The Morgan fingerprint density at radius 1 is 1.09 bits per heavy atom. The van der Waals surface area contributed by atoms with Crippen LogP contribution >= 0.6 is 0 Å². The van der Waals surface area contributed by atoms with Crippen molar-refractivity contribution in [1.82, 2.24) is 4.98 Å². The first-order chi connectivity index (χ1) is 11.3. The number of phenols is 1. The number of unbranched alkanes of at least 4 members (excludes halogenated alkanes) is 6. The molecule has 0 saturated heterocycles. The number of nitrogens with two attached hydrogens (primary N) is 1. The number of aromatic hydroxyl groups is 1. The van der Waals surface area contributed by atoms with Gasteiger partial charge in [-0.05, 0) is 25.0 Å². The van der Waals surface area contributed by atoms with Gasteiger partial charge < -0.3 is 10.9 Å². The monoisotopic (exact) mass is 313 g/mol. The van der Waals surface area contributed by atoms with Gasteiger partial charge >= 0.3 is 0 Å². The lowest BCUT2D eigenvalue weighted by Gasteiger charge is -2.09. The summed E-state index contributed by atoms with van der Waals surface area (Å²) in [5, 5.41) is 15.3. The maximum atomic E-state index is 10.5. The molecule has 4 heteroatoms. The molecular formula is C19H27N3O. The van der Waals surface area contributed by atoms with E-state index in [4.69, 9.17) is 5.84 Å². The first kappa shape index (κ1) is 17.3. The number of hydrazone groups is 1. The number of nitrogens with zero attached hydrogens (tertiary/aromatic N) is 2. The van der Waals surface area contributed by atoms with E-state index < -0.39 is 0 Å². The molecule has 1 aromatic carbocycles. The van der Waals surface area contributed by atoms with Gasteiger partial charge in [0, 0.05) is 17.1 Å². The van der Waals surface area contributed by atoms with E-state index >= 15 is 0 Å². The molecule has 0 spiro atoms.